The topological polar surface area (TPSA) is 52.3 Å². The molecule has 3 heteroatoms. The zero-order chi connectivity index (χ0) is 13.0. The quantitative estimate of drug-likeness (QED) is 0.836. The Kier molecular flexibility index (Phi) is 4.37. The van der Waals surface area contributed by atoms with Gasteiger partial charge in [-0.3, -0.25) is 0 Å². The molecule has 0 saturated heterocycles. The van der Waals surface area contributed by atoms with Crippen LogP contribution in [-0.4, -0.2) is 12.1 Å². The maximum Gasteiger partial charge on any atom is 0.338 e. The van der Waals surface area contributed by atoms with E-state index in [4.69, 9.17) is 10.5 Å². The van der Waals surface area contributed by atoms with E-state index in [2.05, 4.69) is 6.92 Å². The van der Waals surface area contributed by atoms with Crippen LogP contribution >= 0.6 is 0 Å². The average molecular weight is 247 g/mol. The zero-order valence-corrected chi connectivity index (χ0v) is 10.9. The largest absolute Gasteiger partial charge is 0.459 e. The Morgan fingerprint density at radius 2 is 2.06 bits per heavy atom. The summed E-state index contributed by atoms with van der Waals surface area (Å²) in [6.07, 6.45) is 4.38. The van der Waals surface area contributed by atoms with E-state index < -0.39 is 0 Å². The van der Waals surface area contributed by atoms with Crippen molar-refractivity contribution in [2.45, 2.75) is 45.3 Å². The normalized spacial score (nSPS) is 23.7. The molecule has 0 atom stereocenters. The summed E-state index contributed by atoms with van der Waals surface area (Å²) in [4.78, 5) is 12.0. The predicted molar refractivity (Wildman–Crippen MR) is 71.2 cm³/mol. The third kappa shape index (κ3) is 3.33. The molecule has 1 aromatic rings. The minimum absolute atomic E-state index is 0.0928. The molecule has 0 amide bonds. The van der Waals surface area contributed by atoms with Crippen LogP contribution in [0.5, 0.6) is 0 Å². The summed E-state index contributed by atoms with van der Waals surface area (Å²) in [6.45, 7) is 2.70. The van der Waals surface area contributed by atoms with Crippen LogP contribution < -0.4 is 5.73 Å². The molecule has 1 aliphatic carbocycles. The number of carbonyl (C=O) groups excluding carboxylic acids is 1. The van der Waals surface area contributed by atoms with Gasteiger partial charge >= 0.3 is 5.97 Å². The first-order valence-corrected chi connectivity index (χ1v) is 6.69. The van der Waals surface area contributed by atoms with Gasteiger partial charge in [0.05, 0.1) is 5.56 Å². The third-order valence-electron chi connectivity index (χ3n) is 3.63. The minimum Gasteiger partial charge on any atom is -0.459 e. The van der Waals surface area contributed by atoms with Crippen molar-refractivity contribution in [2.75, 3.05) is 0 Å². The number of esters is 1. The van der Waals surface area contributed by atoms with Crippen molar-refractivity contribution in [3.05, 3.63) is 35.4 Å². The van der Waals surface area contributed by atoms with Crippen molar-refractivity contribution in [3.8, 4) is 0 Å². The number of ether oxygens (including phenoxy) is 1. The fourth-order valence-corrected chi connectivity index (χ4v) is 2.39. The minimum atomic E-state index is -0.218. The molecule has 0 aromatic heterocycles. The van der Waals surface area contributed by atoms with Crippen LogP contribution in [0.4, 0.5) is 0 Å². The lowest BCUT2D eigenvalue weighted by Gasteiger charge is -2.26. The highest BCUT2D eigenvalue weighted by atomic mass is 16.5. The van der Waals surface area contributed by atoms with Crippen LogP contribution in [0, 0.1) is 5.92 Å². The number of nitrogens with two attached hydrogens (primary N) is 1. The Labute approximate surface area is 108 Å². The highest BCUT2D eigenvalue weighted by Gasteiger charge is 2.22. The van der Waals surface area contributed by atoms with Gasteiger partial charge in [0.25, 0.3) is 0 Å². The lowest BCUT2D eigenvalue weighted by atomic mass is 9.89. The van der Waals surface area contributed by atoms with Gasteiger partial charge in [0.2, 0.25) is 0 Å². The van der Waals surface area contributed by atoms with Crippen LogP contribution in [0.15, 0.2) is 24.3 Å². The van der Waals surface area contributed by atoms with Crippen LogP contribution in [-0.2, 0) is 11.3 Å². The van der Waals surface area contributed by atoms with Gasteiger partial charge < -0.3 is 10.5 Å². The molecule has 1 aliphatic rings. The van der Waals surface area contributed by atoms with Gasteiger partial charge in [-0.05, 0) is 49.3 Å². The van der Waals surface area contributed by atoms with Crippen molar-refractivity contribution in [3.63, 3.8) is 0 Å². The Morgan fingerprint density at radius 1 is 1.33 bits per heavy atom. The van der Waals surface area contributed by atoms with E-state index in [1.165, 1.54) is 0 Å². The number of carbonyl (C=O) groups is 1. The lowest BCUT2D eigenvalue weighted by Crippen LogP contribution is -2.23. The molecule has 0 spiro atoms. The number of benzene rings is 1. The Hall–Kier alpha value is -1.35. The maximum atomic E-state index is 12.0. The first kappa shape index (κ1) is 13.1. The van der Waals surface area contributed by atoms with Gasteiger partial charge in [0.15, 0.2) is 0 Å². The highest BCUT2D eigenvalue weighted by molar-refractivity contribution is 5.89. The van der Waals surface area contributed by atoms with E-state index in [1.54, 1.807) is 6.07 Å². The Balaban J connectivity index is 1.94. The molecule has 1 fully saturated rings. The molecule has 3 nitrogen and oxygen atoms in total. The monoisotopic (exact) mass is 247 g/mol. The summed E-state index contributed by atoms with van der Waals surface area (Å²) in [7, 11) is 0. The number of hydrogen-bond acceptors (Lipinski definition) is 3. The van der Waals surface area contributed by atoms with Crippen LogP contribution in [0.3, 0.4) is 0 Å². The highest BCUT2D eigenvalue weighted by Crippen LogP contribution is 2.26. The second-order valence-electron chi connectivity index (χ2n) is 5.19. The summed E-state index contributed by atoms with van der Waals surface area (Å²) in [5.41, 5.74) is 7.13. The first-order valence-electron chi connectivity index (χ1n) is 6.69. The van der Waals surface area contributed by atoms with Gasteiger partial charge in [0.1, 0.15) is 6.10 Å². The van der Waals surface area contributed by atoms with Crippen molar-refractivity contribution < 1.29 is 9.53 Å². The molecular weight excluding hydrogens is 226 g/mol. The van der Waals surface area contributed by atoms with E-state index in [0.717, 1.165) is 37.2 Å². The summed E-state index contributed by atoms with van der Waals surface area (Å²) < 4.78 is 5.55. The number of hydrogen-bond donors (Lipinski definition) is 1. The standard InChI is InChI=1S/C15H21NO2/c1-11-5-7-14(8-6-11)18-15(17)13-4-2-3-12(9-13)10-16/h2-4,9,11,14H,5-8,10,16H2,1H3. The molecule has 0 unspecified atom stereocenters. The molecule has 0 bridgehead atoms. The average Bonchev–Trinajstić information content (AvgIpc) is 2.41. The number of rotatable bonds is 3. The second kappa shape index (κ2) is 6.01. The summed E-state index contributed by atoms with van der Waals surface area (Å²) >= 11 is 0. The van der Waals surface area contributed by atoms with Gasteiger partial charge in [-0.2, -0.15) is 0 Å². The zero-order valence-electron chi connectivity index (χ0n) is 10.9. The van der Waals surface area contributed by atoms with E-state index >= 15 is 0 Å². The maximum absolute atomic E-state index is 12.0. The molecule has 18 heavy (non-hydrogen) atoms. The van der Waals surface area contributed by atoms with Gasteiger partial charge in [-0.25, -0.2) is 4.79 Å². The first-order chi connectivity index (χ1) is 8.69. The van der Waals surface area contributed by atoms with Crippen LogP contribution in [0.2, 0.25) is 0 Å². The molecule has 0 radical (unpaired) electrons. The molecule has 1 aromatic carbocycles. The van der Waals surface area contributed by atoms with Crippen molar-refractivity contribution in [1.82, 2.24) is 0 Å². The van der Waals surface area contributed by atoms with E-state index in [0.29, 0.717) is 12.1 Å². The third-order valence-corrected chi connectivity index (χ3v) is 3.63. The van der Waals surface area contributed by atoms with Crippen molar-refractivity contribution in [2.24, 2.45) is 11.7 Å². The molecule has 1 saturated carbocycles. The van der Waals surface area contributed by atoms with Gasteiger partial charge in [-0.1, -0.05) is 19.1 Å². The van der Waals surface area contributed by atoms with Gasteiger partial charge in [0, 0.05) is 6.54 Å². The predicted octanol–water partition coefficient (Wildman–Crippen LogP) is 2.88. The lowest BCUT2D eigenvalue weighted by molar-refractivity contribution is 0.0173. The molecule has 98 valence electrons. The fraction of sp³-hybridized carbons (Fsp3) is 0.533. The summed E-state index contributed by atoms with van der Waals surface area (Å²) in [6, 6.07) is 7.36. The molecule has 2 rings (SSSR count). The summed E-state index contributed by atoms with van der Waals surface area (Å²) in [5, 5.41) is 0. The molecule has 0 heterocycles. The van der Waals surface area contributed by atoms with Crippen LogP contribution in [0.1, 0.15) is 48.5 Å². The van der Waals surface area contributed by atoms with E-state index in [1.807, 2.05) is 18.2 Å². The van der Waals surface area contributed by atoms with Crippen LogP contribution in [0.25, 0.3) is 0 Å². The molecule has 2 N–H and O–H groups in total. The van der Waals surface area contributed by atoms with Crippen molar-refractivity contribution in [1.29, 1.82) is 0 Å². The van der Waals surface area contributed by atoms with E-state index in [-0.39, 0.29) is 12.1 Å². The SMILES string of the molecule is CC1CCC(OC(=O)c2cccc(CN)c2)CC1. The second-order valence-corrected chi connectivity index (χ2v) is 5.19. The van der Waals surface area contributed by atoms with Crippen molar-refractivity contribution >= 4 is 5.97 Å². The smallest absolute Gasteiger partial charge is 0.338 e. The van der Waals surface area contributed by atoms with Gasteiger partial charge in [-0.15, -0.1) is 0 Å². The molecule has 0 aliphatic heterocycles. The molecular formula is C15H21NO2. The fourth-order valence-electron chi connectivity index (χ4n) is 2.39. The Morgan fingerprint density at radius 3 is 2.72 bits per heavy atom. The Bertz CT molecular complexity index is 409. The summed E-state index contributed by atoms with van der Waals surface area (Å²) in [5.74, 6) is 0.547. The van der Waals surface area contributed by atoms with E-state index in [9.17, 15) is 4.79 Å².